The van der Waals surface area contributed by atoms with E-state index in [0.29, 0.717) is 5.13 Å². The van der Waals surface area contributed by atoms with Gasteiger partial charge in [0.05, 0.1) is 17.4 Å². The molecule has 0 amide bonds. The van der Waals surface area contributed by atoms with E-state index in [2.05, 4.69) is 13.7 Å². The Labute approximate surface area is 128 Å². The molecule has 20 heavy (non-hydrogen) atoms. The zero-order valence-electron chi connectivity index (χ0n) is 10.5. The quantitative estimate of drug-likeness (QED) is 0.739. The minimum absolute atomic E-state index is 0.244. The Balaban J connectivity index is 1.96. The average molecular weight is 323 g/mol. The molecule has 7 heteroatoms. The number of nitrogens with zero attached hydrogens (tertiary/aromatic N) is 3. The number of halogens is 1. The molecule has 3 aromatic rings. The van der Waals surface area contributed by atoms with E-state index < -0.39 is 0 Å². The highest BCUT2D eigenvalue weighted by molar-refractivity contribution is 7.15. The van der Waals surface area contributed by atoms with Crippen LogP contribution < -0.4 is 5.73 Å². The summed E-state index contributed by atoms with van der Waals surface area (Å²) in [5, 5.41) is 1.40. The molecule has 1 aliphatic carbocycles. The van der Waals surface area contributed by atoms with E-state index in [9.17, 15) is 0 Å². The summed E-state index contributed by atoms with van der Waals surface area (Å²) in [6.45, 7) is 0. The van der Waals surface area contributed by atoms with Crippen LogP contribution >= 0.6 is 34.7 Å². The first-order valence-electron chi connectivity index (χ1n) is 6.40. The number of aryl methyl sites for hydroxylation is 1. The third-order valence-electron chi connectivity index (χ3n) is 3.73. The molecule has 0 aliphatic heterocycles. The van der Waals surface area contributed by atoms with Gasteiger partial charge in [-0.05, 0) is 31.4 Å². The zero-order chi connectivity index (χ0) is 13.7. The van der Waals surface area contributed by atoms with Gasteiger partial charge in [0.25, 0.3) is 0 Å². The van der Waals surface area contributed by atoms with Crippen LogP contribution in [0.4, 0.5) is 5.13 Å². The molecule has 102 valence electrons. The zero-order valence-corrected chi connectivity index (χ0v) is 12.9. The number of anilines is 1. The van der Waals surface area contributed by atoms with E-state index in [1.54, 1.807) is 11.3 Å². The van der Waals surface area contributed by atoms with Crippen LogP contribution in [0.25, 0.3) is 11.0 Å². The van der Waals surface area contributed by atoms with Gasteiger partial charge in [0.1, 0.15) is 11.0 Å². The van der Waals surface area contributed by atoms with Crippen LogP contribution in [0.3, 0.4) is 0 Å². The fourth-order valence-corrected chi connectivity index (χ4v) is 4.75. The van der Waals surface area contributed by atoms with Gasteiger partial charge in [-0.25, -0.2) is 4.98 Å². The maximum Gasteiger partial charge on any atom is 0.180 e. The SMILES string of the molecule is Nc1nc2c(s1)C(c1c(Cl)ccc3nsnc13)CCC2. The minimum Gasteiger partial charge on any atom is -0.375 e. The lowest BCUT2D eigenvalue weighted by atomic mass is 9.85. The fraction of sp³-hybridized carbons (Fsp3) is 0.308. The van der Waals surface area contributed by atoms with Crippen LogP contribution in [0.15, 0.2) is 12.1 Å². The molecule has 2 N–H and O–H groups in total. The van der Waals surface area contributed by atoms with Crippen molar-refractivity contribution < 1.29 is 0 Å². The van der Waals surface area contributed by atoms with Crippen molar-refractivity contribution in [2.24, 2.45) is 0 Å². The Kier molecular flexibility index (Phi) is 2.90. The summed E-state index contributed by atoms with van der Waals surface area (Å²) in [5.41, 5.74) is 9.93. The number of hydrogen-bond donors (Lipinski definition) is 1. The number of thiazole rings is 1. The van der Waals surface area contributed by atoms with Crippen molar-refractivity contribution in [2.45, 2.75) is 25.2 Å². The first kappa shape index (κ1) is 12.5. The number of aromatic nitrogens is 3. The Bertz CT molecular complexity index is 795. The summed E-state index contributed by atoms with van der Waals surface area (Å²) in [4.78, 5) is 5.69. The number of rotatable bonds is 1. The molecule has 2 aromatic heterocycles. The first-order valence-corrected chi connectivity index (χ1v) is 8.32. The van der Waals surface area contributed by atoms with Crippen LogP contribution in [0.1, 0.15) is 34.9 Å². The maximum atomic E-state index is 6.46. The van der Waals surface area contributed by atoms with Crippen molar-refractivity contribution in [3.63, 3.8) is 0 Å². The van der Waals surface area contributed by atoms with Crippen molar-refractivity contribution in [2.75, 3.05) is 5.73 Å². The monoisotopic (exact) mass is 322 g/mol. The molecule has 0 spiro atoms. The molecular weight excluding hydrogens is 312 g/mol. The molecule has 0 radical (unpaired) electrons. The van der Waals surface area contributed by atoms with Gasteiger partial charge in [-0.2, -0.15) is 8.75 Å². The molecule has 0 bridgehead atoms. The van der Waals surface area contributed by atoms with E-state index in [1.165, 1.54) is 16.6 Å². The Morgan fingerprint density at radius 1 is 1.30 bits per heavy atom. The largest absolute Gasteiger partial charge is 0.375 e. The van der Waals surface area contributed by atoms with Crippen molar-refractivity contribution in [1.82, 2.24) is 13.7 Å². The van der Waals surface area contributed by atoms with Gasteiger partial charge < -0.3 is 5.73 Å². The van der Waals surface area contributed by atoms with E-state index in [1.807, 2.05) is 12.1 Å². The highest BCUT2D eigenvalue weighted by Gasteiger charge is 2.29. The standard InChI is InChI=1S/C13H11ClN4S2/c14-7-4-5-8-11(18-20-17-8)10(7)6-2-1-3-9-12(6)19-13(15)16-9/h4-6H,1-3H2,(H2,15,16). The average Bonchev–Trinajstić information content (AvgIpc) is 3.03. The Morgan fingerprint density at radius 2 is 2.20 bits per heavy atom. The molecule has 2 heterocycles. The highest BCUT2D eigenvalue weighted by atomic mass is 35.5. The second-order valence-electron chi connectivity index (χ2n) is 4.90. The summed E-state index contributed by atoms with van der Waals surface area (Å²) in [6.07, 6.45) is 3.17. The number of benzene rings is 1. The Morgan fingerprint density at radius 3 is 3.10 bits per heavy atom. The van der Waals surface area contributed by atoms with Gasteiger partial charge in [-0.3, -0.25) is 0 Å². The smallest absolute Gasteiger partial charge is 0.180 e. The molecule has 0 fully saturated rings. The van der Waals surface area contributed by atoms with E-state index >= 15 is 0 Å². The van der Waals surface area contributed by atoms with Gasteiger partial charge in [0.15, 0.2) is 5.13 Å². The van der Waals surface area contributed by atoms with Gasteiger partial charge in [-0.1, -0.05) is 11.6 Å². The number of nitrogen functional groups attached to an aromatic ring is 1. The summed E-state index contributed by atoms with van der Waals surface area (Å²) in [6, 6.07) is 3.84. The summed E-state index contributed by atoms with van der Waals surface area (Å²) >= 11 is 9.26. The molecular formula is C13H11ClN4S2. The molecule has 4 nitrogen and oxygen atoms in total. The first-order chi connectivity index (χ1) is 9.74. The van der Waals surface area contributed by atoms with Crippen molar-refractivity contribution >= 4 is 50.8 Å². The predicted molar refractivity (Wildman–Crippen MR) is 83.7 cm³/mol. The molecule has 1 aliphatic rings. The fourth-order valence-electron chi connectivity index (χ4n) is 2.89. The lowest BCUT2D eigenvalue weighted by Crippen LogP contribution is -2.10. The normalized spacial score (nSPS) is 18.4. The third kappa shape index (κ3) is 1.82. The van der Waals surface area contributed by atoms with Gasteiger partial charge in [0, 0.05) is 21.4 Å². The van der Waals surface area contributed by atoms with Crippen molar-refractivity contribution in [3.8, 4) is 0 Å². The molecule has 1 atom stereocenters. The summed E-state index contributed by atoms with van der Waals surface area (Å²) in [5.74, 6) is 0.244. The number of hydrogen-bond acceptors (Lipinski definition) is 6. The number of nitrogens with two attached hydrogens (primary N) is 1. The molecule has 0 saturated carbocycles. The van der Waals surface area contributed by atoms with Crippen LogP contribution in [-0.2, 0) is 6.42 Å². The number of fused-ring (bicyclic) bond motifs is 2. The van der Waals surface area contributed by atoms with Crippen LogP contribution in [-0.4, -0.2) is 13.7 Å². The van der Waals surface area contributed by atoms with Crippen LogP contribution in [0.5, 0.6) is 0 Å². The second kappa shape index (κ2) is 4.65. The third-order valence-corrected chi connectivity index (χ3v) is 5.64. The summed E-state index contributed by atoms with van der Waals surface area (Å²) < 4.78 is 8.74. The Hall–Kier alpha value is -1.24. The minimum atomic E-state index is 0.244. The van der Waals surface area contributed by atoms with Gasteiger partial charge in [-0.15, -0.1) is 11.3 Å². The molecule has 1 unspecified atom stereocenters. The summed E-state index contributed by atoms with van der Waals surface area (Å²) in [7, 11) is 0. The second-order valence-corrected chi connectivity index (χ2v) is 6.90. The van der Waals surface area contributed by atoms with Crippen LogP contribution in [0, 0.1) is 0 Å². The van der Waals surface area contributed by atoms with E-state index in [4.69, 9.17) is 17.3 Å². The topological polar surface area (TPSA) is 64.7 Å². The van der Waals surface area contributed by atoms with E-state index in [0.717, 1.165) is 46.6 Å². The van der Waals surface area contributed by atoms with Crippen molar-refractivity contribution in [1.29, 1.82) is 0 Å². The predicted octanol–water partition coefficient (Wildman–Crippen LogP) is 3.85. The lowest BCUT2D eigenvalue weighted by molar-refractivity contribution is 0.619. The molecule has 4 rings (SSSR count). The van der Waals surface area contributed by atoms with Crippen LogP contribution in [0.2, 0.25) is 5.02 Å². The maximum absolute atomic E-state index is 6.46. The van der Waals surface area contributed by atoms with Gasteiger partial charge >= 0.3 is 0 Å². The molecule has 0 saturated heterocycles. The lowest BCUT2D eigenvalue weighted by Gasteiger charge is -2.22. The van der Waals surface area contributed by atoms with E-state index in [-0.39, 0.29) is 5.92 Å². The molecule has 1 aromatic carbocycles. The van der Waals surface area contributed by atoms with Crippen molar-refractivity contribution in [3.05, 3.63) is 33.3 Å². The highest BCUT2D eigenvalue weighted by Crippen LogP contribution is 2.44. The van der Waals surface area contributed by atoms with Gasteiger partial charge in [0.2, 0.25) is 0 Å².